The highest BCUT2D eigenvalue weighted by molar-refractivity contribution is 5.79. The lowest BCUT2D eigenvalue weighted by Crippen LogP contribution is -2.64. The molecule has 0 bridgehead atoms. The van der Waals surface area contributed by atoms with Crippen LogP contribution in [-0.2, 0) is 9.59 Å². The molecule has 0 aliphatic heterocycles. The third kappa shape index (κ3) is 4.27. The number of carboxylic acids is 2. The second-order valence-electron chi connectivity index (χ2n) is 4.98. The molecule has 0 aromatic heterocycles. The van der Waals surface area contributed by atoms with E-state index in [4.69, 9.17) is 5.11 Å². The first kappa shape index (κ1) is 16.9. The summed E-state index contributed by atoms with van der Waals surface area (Å²) in [6.07, 6.45) is 2.42. The molecular formula is C12H24N2O4. The van der Waals surface area contributed by atoms with Crippen molar-refractivity contribution in [1.29, 1.82) is 0 Å². The Kier molecular flexibility index (Phi) is 6.28. The van der Waals surface area contributed by atoms with Gasteiger partial charge in [-0.1, -0.05) is 26.7 Å². The summed E-state index contributed by atoms with van der Waals surface area (Å²) in [5.41, 5.74) is 2.98. The topological polar surface area (TPSA) is 98.7 Å². The SMILES string of the molecule is CCCC[C@](C)(NNC(C)(CC)C(=O)O)C(=O)O. The number of carbonyl (C=O) groups is 2. The largest absolute Gasteiger partial charge is 0.480 e. The van der Waals surface area contributed by atoms with Crippen LogP contribution in [-0.4, -0.2) is 33.2 Å². The lowest BCUT2D eigenvalue weighted by molar-refractivity contribution is -0.149. The first-order valence-electron chi connectivity index (χ1n) is 6.23. The van der Waals surface area contributed by atoms with E-state index in [0.29, 0.717) is 12.8 Å². The molecule has 0 saturated carbocycles. The van der Waals surface area contributed by atoms with Gasteiger partial charge in [-0.15, -0.1) is 0 Å². The van der Waals surface area contributed by atoms with Crippen LogP contribution >= 0.6 is 0 Å². The van der Waals surface area contributed by atoms with Crippen LogP contribution in [0.5, 0.6) is 0 Å². The Morgan fingerprint density at radius 3 is 1.78 bits per heavy atom. The fraction of sp³-hybridized carbons (Fsp3) is 0.833. The highest BCUT2D eigenvalue weighted by Crippen LogP contribution is 2.15. The first-order chi connectivity index (χ1) is 8.22. The summed E-state index contributed by atoms with van der Waals surface area (Å²) in [7, 11) is 0. The van der Waals surface area contributed by atoms with Gasteiger partial charge in [0.2, 0.25) is 0 Å². The quantitative estimate of drug-likeness (QED) is 0.467. The third-order valence-corrected chi connectivity index (χ3v) is 3.30. The molecule has 18 heavy (non-hydrogen) atoms. The number of rotatable bonds is 9. The minimum Gasteiger partial charge on any atom is -0.480 e. The zero-order chi connectivity index (χ0) is 14.4. The third-order valence-electron chi connectivity index (χ3n) is 3.30. The van der Waals surface area contributed by atoms with Crippen LogP contribution < -0.4 is 10.9 Å². The molecule has 106 valence electrons. The van der Waals surface area contributed by atoms with Crippen LogP contribution in [0, 0.1) is 0 Å². The van der Waals surface area contributed by atoms with Crippen molar-refractivity contribution in [3.05, 3.63) is 0 Å². The van der Waals surface area contributed by atoms with Gasteiger partial charge in [0, 0.05) is 0 Å². The Morgan fingerprint density at radius 2 is 1.44 bits per heavy atom. The minimum absolute atomic E-state index is 0.346. The summed E-state index contributed by atoms with van der Waals surface area (Å²) in [5.74, 6) is -2.01. The van der Waals surface area contributed by atoms with E-state index in [1.807, 2.05) is 6.92 Å². The van der Waals surface area contributed by atoms with E-state index in [2.05, 4.69) is 10.9 Å². The summed E-state index contributed by atoms with van der Waals surface area (Å²) in [4.78, 5) is 22.4. The molecule has 1 unspecified atom stereocenters. The Balaban J connectivity index is 4.71. The molecule has 0 saturated heterocycles. The van der Waals surface area contributed by atoms with E-state index in [1.54, 1.807) is 13.8 Å². The van der Waals surface area contributed by atoms with E-state index in [1.165, 1.54) is 6.92 Å². The summed E-state index contributed by atoms with van der Waals surface area (Å²) in [6.45, 7) is 6.77. The van der Waals surface area contributed by atoms with Gasteiger partial charge in [0.25, 0.3) is 0 Å². The molecule has 0 heterocycles. The molecule has 0 aromatic rings. The lowest BCUT2D eigenvalue weighted by Gasteiger charge is -2.32. The lowest BCUT2D eigenvalue weighted by atomic mass is 9.95. The van der Waals surface area contributed by atoms with Crippen molar-refractivity contribution in [2.75, 3.05) is 0 Å². The second-order valence-corrected chi connectivity index (χ2v) is 4.98. The zero-order valence-electron chi connectivity index (χ0n) is 11.5. The van der Waals surface area contributed by atoms with Gasteiger partial charge in [-0.2, -0.15) is 0 Å². The van der Waals surface area contributed by atoms with Crippen molar-refractivity contribution in [2.24, 2.45) is 0 Å². The van der Waals surface area contributed by atoms with Crippen molar-refractivity contribution in [1.82, 2.24) is 10.9 Å². The summed E-state index contributed by atoms with van der Waals surface area (Å²) < 4.78 is 0. The maximum absolute atomic E-state index is 11.3. The summed E-state index contributed by atoms with van der Waals surface area (Å²) >= 11 is 0. The molecule has 0 amide bonds. The maximum atomic E-state index is 11.3. The normalized spacial score (nSPS) is 17.8. The van der Waals surface area contributed by atoms with Crippen LogP contribution in [0.3, 0.4) is 0 Å². The standard InChI is InChI=1S/C12H24N2O4/c1-5-7-8-12(4,10(17)18)14-13-11(3,6-2)9(15)16/h13-14H,5-8H2,1-4H3,(H,15,16)(H,17,18)/t11?,12-/m0/s1. The van der Waals surface area contributed by atoms with Gasteiger partial charge in [0.15, 0.2) is 0 Å². The summed E-state index contributed by atoms with van der Waals surface area (Å²) in [6, 6.07) is 0. The number of hydrogen-bond acceptors (Lipinski definition) is 4. The number of nitrogens with one attached hydrogen (secondary N) is 2. The molecule has 4 N–H and O–H groups in total. The minimum atomic E-state index is -1.18. The maximum Gasteiger partial charge on any atom is 0.324 e. The Morgan fingerprint density at radius 1 is 1.00 bits per heavy atom. The van der Waals surface area contributed by atoms with Crippen LogP contribution in [0.25, 0.3) is 0 Å². The van der Waals surface area contributed by atoms with E-state index in [-0.39, 0.29) is 0 Å². The van der Waals surface area contributed by atoms with Crippen molar-refractivity contribution < 1.29 is 19.8 Å². The fourth-order valence-corrected chi connectivity index (χ4v) is 1.32. The van der Waals surface area contributed by atoms with Gasteiger partial charge < -0.3 is 10.2 Å². The zero-order valence-corrected chi connectivity index (χ0v) is 11.5. The fourth-order valence-electron chi connectivity index (χ4n) is 1.32. The van der Waals surface area contributed by atoms with Crippen molar-refractivity contribution in [3.63, 3.8) is 0 Å². The number of carboxylic acid groups (broad SMARTS) is 2. The molecule has 6 nitrogen and oxygen atoms in total. The molecule has 0 aliphatic carbocycles. The molecule has 2 atom stereocenters. The molecule has 0 radical (unpaired) electrons. The van der Waals surface area contributed by atoms with Crippen molar-refractivity contribution >= 4 is 11.9 Å². The molecule has 0 spiro atoms. The van der Waals surface area contributed by atoms with Crippen LogP contribution in [0.4, 0.5) is 0 Å². The second kappa shape index (κ2) is 6.70. The first-order valence-corrected chi connectivity index (χ1v) is 6.23. The molecule has 0 aromatic carbocycles. The van der Waals surface area contributed by atoms with Gasteiger partial charge >= 0.3 is 11.9 Å². The Bertz CT molecular complexity index is 308. The van der Waals surface area contributed by atoms with E-state index < -0.39 is 23.0 Å². The number of hydrazine groups is 1. The average Bonchev–Trinajstić information content (AvgIpc) is 2.32. The van der Waals surface area contributed by atoms with E-state index in [0.717, 1.165) is 12.8 Å². The summed E-state index contributed by atoms with van der Waals surface area (Å²) in [5, 5.41) is 18.3. The van der Waals surface area contributed by atoms with Crippen LogP contribution in [0.1, 0.15) is 53.4 Å². The van der Waals surface area contributed by atoms with Crippen LogP contribution in [0.2, 0.25) is 0 Å². The van der Waals surface area contributed by atoms with Gasteiger partial charge in [-0.25, -0.2) is 10.9 Å². The van der Waals surface area contributed by atoms with E-state index >= 15 is 0 Å². The van der Waals surface area contributed by atoms with Gasteiger partial charge in [-0.3, -0.25) is 9.59 Å². The van der Waals surface area contributed by atoms with Crippen molar-refractivity contribution in [2.45, 2.75) is 64.5 Å². The average molecular weight is 260 g/mol. The monoisotopic (exact) mass is 260 g/mol. The van der Waals surface area contributed by atoms with Gasteiger partial charge in [0.05, 0.1) is 0 Å². The molecular weight excluding hydrogens is 236 g/mol. The predicted molar refractivity (Wildman–Crippen MR) is 68.2 cm³/mol. The predicted octanol–water partition coefficient (Wildman–Crippen LogP) is 1.37. The number of hydrogen-bond donors (Lipinski definition) is 4. The van der Waals surface area contributed by atoms with Crippen LogP contribution in [0.15, 0.2) is 0 Å². The number of unbranched alkanes of at least 4 members (excludes halogenated alkanes) is 1. The molecule has 6 heteroatoms. The highest BCUT2D eigenvalue weighted by atomic mass is 16.4. The van der Waals surface area contributed by atoms with E-state index in [9.17, 15) is 14.7 Å². The highest BCUT2D eigenvalue weighted by Gasteiger charge is 2.37. The molecule has 0 fully saturated rings. The Hall–Kier alpha value is -1.14. The Labute approximate surface area is 108 Å². The van der Waals surface area contributed by atoms with Gasteiger partial charge in [0.1, 0.15) is 11.1 Å². The van der Waals surface area contributed by atoms with Crippen molar-refractivity contribution in [3.8, 4) is 0 Å². The molecule has 0 rings (SSSR count). The smallest absolute Gasteiger partial charge is 0.324 e. The van der Waals surface area contributed by atoms with Gasteiger partial charge in [-0.05, 0) is 26.7 Å². The number of aliphatic carboxylic acids is 2. The molecule has 0 aliphatic rings.